The third-order valence-corrected chi connectivity index (χ3v) is 4.79. The largest absolute Gasteiger partial charge is 0.465 e. The Balaban J connectivity index is 1.40. The summed E-state index contributed by atoms with van der Waals surface area (Å²) >= 11 is 0. The van der Waals surface area contributed by atoms with Crippen LogP contribution in [0, 0.1) is 17.8 Å². The lowest BCUT2D eigenvalue weighted by atomic mass is 9.94. The third-order valence-electron chi connectivity index (χ3n) is 4.79. The van der Waals surface area contributed by atoms with Gasteiger partial charge in [-0.3, -0.25) is 9.59 Å². The minimum Gasteiger partial charge on any atom is -0.465 e. The van der Waals surface area contributed by atoms with Crippen LogP contribution in [-0.2, 0) is 25.6 Å². The van der Waals surface area contributed by atoms with Gasteiger partial charge in [0, 0.05) is 6.54 Å². The first-order valence-electron chi connectivity index (χ1n) is 8.35. The number of hydrogen-bond acceptors (Lipinski definition) is 5. The first-order valence-corrected chi connectivity index (χ1v) is 8.35. The number of fused-ring (bicyclic) bond motifs is 2. The van der Waals surface area contributed by atoms with Crippen molar-refractivity contribution in [2.24, 2.45) is 17.8 Å². The first kappa shape index (κ1) is 17.2. The maximum atomic E-state index is 12.1. The van der Waals surface area contributed by atoms with E-state index < -0.39 is 5.97 Å². The fourth-order valence-electron chi connectivity index (χ4n) is 3.42. The topological polar surface area (TPSA) is 81.7 Å². The van der Waals surface area contributed by atoms with Crippen LogP contribution in [0.5, 0.6) is 0 Å². The fraction of sp³-hybridized carbons (Fsp3) is 0.421. The van der Waals surface area contributed by atoms with Gasteiger partial charge in [0.25, 0.3) is 5.91 Å². The van der Waals surface area contributed by atoms with E-state index in [-0.39, 0.29) is 30.3 Å². The van der Waals surface area contributed by atoms with Crippen LogP contribution < -0.4 is 5.32 Å². The Hall–Kier alpha value is -2.63. The predicted octanol–water partition coefficient (Wildman–Crippen LogP) is 1.84. The van der Waals surface area contributed by atoms with Crippen LogP contribution in [0.4, 0.5) is 0 Å². The van der Waals surface area contributed by atoms with E-state index in [1.807, 2.05) is 0 Å². The van der Waals surface area contributed by atoms with Crippen molar-refractivity contribution in [2.45, 2.75) is 19.4 Å². The Morgan fingerprint density at radius 3 is 2.48 bits per heavy atom. The molecule has 1 amide bonds. The zero-order valence-electron chi connectivity index (χ0n) is 14.1. The molecule has 0 spiro atoms. The quantitative estimate of drug-likeness (QED) is 0.630. The molecule has 2 bridgehead atoms. The molecule has 1 N–H and O–H groups in total. The zero-order valence-corrected chi connectivity index (χ0v) is 14.1. The molecule has 1 saturated carbocycles. The summed E-state index contributed by atoms with van der Waals surface area (Å²) in [5, 5.41) is 2.70. The number of allylic oxidation sites excluding steroid dienone is 2. The van der Waals surface area contributed by atoms with Gasteiger partial charge < -0.3 is 14.8 Å². The molecule has 2 aliphatic rings. The van der Waals surface area contributed by atoms with E-state index in [4.69, 9.17) is 4.74 Å². The summed E-state index contributed by atoms with van der Waals surface area (Å²) < 4.78 is 9.78. The standard InChI is InChI=1S/C19H21NO5/c1-24-18(22)14-5-2-12(3-6-14)10-20-17(21)11-25-19(23)16-9-13-4-7-15(16)8-13/h2-7,13,15-16H,8-11H2,1H3,(H,20,21)/t13-,15-,16-/m0/s1. The molecule has 0 aliphatic heterocycles. The highest BCUT2D eigenvalue weighted by atomic mass is 16.5. The molecule has 1 aromatic carbocycles. The normalized spacial score (nSPS) is 23.3. The fourth-order valence-corrected chi connectivity index (χ4v) is 3.42. The van der Waals surface area contributed by atoms with Crippen molar-refractivity contribution in [3.63, 3.8) is 0 Å². The van der Waals surface area contributed by atoms with E-state index in [9.17, 15) is 14.4 Å². The summed E-state index contributed by atoms with van der Waals surface area (Å²) in [6, 6.07) is 6.74. The number of carbonyl (C=O) groups excluding carboxylic acids is 3. The number of nitrogens with one attached hydrogen (secondary N) is 1. The lowest BCUT2D eigenvalue weighted by Gasteiger charge is -2.16. The molecule has 132 valence electrons. The van der Waals surface area contributed by atoms with Gasteiger partial charge in [-0.25, -0.2) is 4.79 Å². The molecule has 25 heavy (non-hydrogen) atoms. The Kier molecular flexibility index (Phi) is 5.16. The maximum Gasteiger partial charge on any atom is 0.337 e. The van der Waals surface area contributed by atoms with E-state index >= 15 is 0 Å². The molecule has 0 radical (unpaired) electrons. The van der Waals surface area contributed by atoms with Gasteiger partial charge in [0.1, 0.15) is 0 Å². The van der Waals surface area contributed by atoms with Crippen LogP contribution in [0.3, 0.4) is 0 Å². The molecule has 0 heterocycles. The van der Waals surface area contributed by atoms with Gasteiger partial charge in [-0.2, -0.15) is 0 Å². The van der Waals surface area contributed by atoms with Gasteiger partial charge in [0.15, 0.2) is 6.61 Å². The SMILES string of the molecule is COC(=O)c1ccc(CNC(=O)COC(=O)[C@H]2C[C@H]3C=C[C@H]2C3)cc1. The average Bonchev–Trinajstić information content (AvgIpc) is 3.27. The first-order chi connectivity index (χ1) is 12.1. The van der Waals surface area contributed by atoms with Gasteiger partial charge >= 0.3 is 11.9 Å². The number of rotatable bonds is 6. The summed E-state index contributed by atoms with van der Waals surface area (Å²) in [6.07, 6.45) is 6.09. The molecule has 3 rings (SSSR count). The van der Waals surface area contributed by atoms with Crippen molar-refractivity contribution in [3.05, 3.63) is 47.5 Å². The molecule has 6 nitrogen and oxygen atoms in total. The third kappa shape index (κ3) is 4.07. The Bertz CT molecular complexity index is 694. The number of ether oxygens (including phenoxy) is 2. The van der Waals surface area contributed by atoms with E-state index in [2.05, 4.69) is 22.2 Å². The van der Waals surface area contributed by atoms with E-state index in [1.54, 1.807) is 24.3 Å². The molecule has 0 unspecified atom stereocenters. The Morgan fingerprint density at radius 2 is 1.88 bits per heavy atom. The molecular formula is C19H21NO5. The minimum absolute atomic E-state index is 0.103. The molecular weight excluding hydrogens is 322 g/mol. The molecule has 0 aromatic heterocycles. The molecule has 1 fully saturated rings. The average molecular weight is 343 g/mol. The molecule has 3 atom stereocenters. The summed E-state index contributed by atoms with van der Waals surface area (Å²) in [4.78, 5) is 35.3. The minimum atomic E-state index is -0.405. The summed E-state index contributed by atoms with van der Waals surface area (Å²) in [7, 11) is 1.32. The van der Waals surface area contributed by atoms with E-state index in [0.717, 1.165) is 18.4 Å². The van der Waals surface area contributed by atoms with E-state index in [1.165, 1.54) is 7.11 Å². The highest BCUT2D eigenvalue weighted by molar-refractivity contribution is 5.89. The van der Waals surface area contributed by atoms with Crippen LogP contribution in [-0.4, -0.2) is 31.6 Å². The van der Waals surface area contributed by atoms with Gasteiger partial charge in [-0.15, -0.1) is 0 Å². The number of carbonyl (C=O) groups is 3. The van der Waals surface area contributed by atoms with Crippen LogP contribution in [0.15, 0.2) is 36.4 Å². The Labute approximate surface area is 146 Å². The Morgan fingerprint density at radius 1 is 1.12 bits per heavy atom. The summed E-state index contributed by atoms with van der Waals surface area (Å²) in [5.41, 5.74) is 1.29. The highest BCUT2D eigenvalue weighted by Gasteiger charge is 2.40. The molecule has 1 aromatic rings. The number of esters is 2. The van der Waals surface area contributed by atoms with Crippen molar-refractivity contribution in [1.29, 1.82) is 0 Å². The van der Waals surface area contributed by atoms with Crippen LogP contribution in [0.25, 0.3) is 0 Å². The van der Waals surface area contributed by atoms with Crippen molar-refractivity contribution in [1.82, 2.24) is 5.32 Å². The second kappa shape index (κ2) is 7.51. The summed E-state index contributed by atoms with van der Waals surface area (Å²) in [5.74, 6) is -0.372. The van der Waals surface area contributed by atoms with Gasteiger partial charge in [0.2, 0.25) is 0 Å². The second-order valence-electron chi connectivity index (χ2n) is 6.46. The summed E-state index contributed by atoms with van der Waals surface area (Å²) in [6.45, 7) is 0.0331. The maximum absolute atomic E-state index is 12.1. The number of benzene rings is 1. The van der Waals surface area contributed by atoms with Crippen molar-refractivity contribution < 1.29 is 23.9 Å². The highest BCUT2D eigenvalue weighted by Crippen LogP contribution is 2.43. The van der Waals surface area contributed by atoms with Gasteiger partial charge in [-0.1, -0.05) is 24.3 Å². The monoisotopic (exact) mass is 343 g/mol. The van der Waals surface area contributed by atoms with Crippen LogP contribution in [0.2, 0.25) is 0 Å². The van der Waals surface area contributed by atoms with Crippen molar-refractivity contribution >= 4 is 17.8 Å². The van der Waals surface area contributed by atoms with E-state index in [0.29, 0.717) is 18.0 Å². The molecule has 6 heteroatoms. The van der Waals surface area contributed by atoms with Crippen molar-refractivity contribution in [2.75, 3.05) is 13.7 Å². The predicted molar refractivity (Wildman–Crippen MR) is 89.4 cm³/mol. The van der Waals surface area contributed by atoms with Crippen LogP contribution >= 0.6 is 0 Å². The second-order valence-corrected chi connectivity index (χ2v) is 6.46. The zero-order chi connectivity index (χ0) is 17.8. The van der Waals surface area contributed by atoms with Gasteiger partial charge in [-0.05, 0) is 42.4 Å². The number of methoxy groups -OCH3 is 1. The van der Waals surface area contributed by atoms with Gasteiger partial charge in [0.05, 0.1) is 18.6 Å². The number of hydrogen-bond donors (Lipinski definition) is 1. The molecule has 2 aliphatic carbocycles. The van der Waals surface area contributed by atoms with Crippen LogP contribution in [0.1, 0.15) is 28.8 Å². The number of amides is 1. The van der Waals surface area contributed by atoms with Crippen molar-refractivity contribution in [3.8, 4) is 0 Å². The lowest BCUT2D eigenvalue weighted by Crippen LogP contribution is -2.30. The lowest BCUT2D eigenvalue weighted by molar-refractivity contribution is -0.153. The smallest absolute Gasteiger partial charge is 0.337 e. The molecule has 0 saturated heterocycles.